The molecule has 1 nitrogen and oxygen atoms in total. The molecule has 1 heteroatoms. The van der Waals surface area contributed by atoms with E-state index in [2.05, 4.69) is 67.6 Å². The number of rotatable bonds is 5. The first-order valence-electron chi connectivity index (χ1n) is 10.2. The second kappa shape index (κ2) is 6.42. The smallest absolute Gasteiger partial charge is 0.0326 e. The highest BCUT2D eigenvalue weighted by Gasteiger charge is 2.15. The van der Waals surface area contributed by atoms with E-state index in [1.807, 2.05) is 0 Å². The van der Waals surface area contributed by atoms with E-state index >= 15 is 0 Å². The summed E-state index contributed by atoms with van der Waals surface area (Å²) in [6.07, 6.45) is 6.29. The molecule has 0 atom stereocenters. The fraction of sp³-hybridized carbons (Fsp3) is 0.231. The SMILES string of the molecule is CCCCCCc1ccc2cccc3c4cccc5cc(N)cc(c1c23)c54. The van der Waals surface area contributed by atoms with E-state index in [9.17, 15) is 0 Å². The molecule has 0 saturated heterocycles. The molecular formula is C26H25N. The van der Waals surface area contributed by atoms with Gasteiger partial charge in [0, 0.05) is 5.69 Å². The Morgan fingerprint density at radius 3 is 2.26 bits per heavy atom. The minimum Gasteiger partial charge on any atom is -0.399 e. The lowest BCUT2D eigenvalue weighted by Crippen LogP contribution is -1.94. The molecule has 0 aliphatic heterocycles. The number of nitrogen functional groups attached to an aromatic ring is 1. The zero-order valence-electron chi connectivity index (χ0n) is 15.9. The average molecular weight is 351 g/mol. The molecule has 0 saturated carbocycles. The van der Waals surface area contributed by atoms with Crippen LogP contribution in [0.5, 0.6) is 0 Å². The molecule has 0 radical (unpaired) electrons. The van der Waals surface area contributed by atoms with E-state index in [1.54, 1.807) is 0 Å². The number of hydrogen-bond acceptors (Lipinski definition) is 1. The molecule has 0 spiro atoms. The molecule has 0 fully saturated rings. The van der Waals surface area contributed by atoms with Crippen LogP contribution in [0.2, 0.25) is 0 Å². The van der Waals surface area contributed by atoms with Crippen LogP contribution in [0, 0.1) is 0 Å². The highest BCUT2D eigenvalue weighted by Crippen LogP contribution is 2.42. The van der Waals surface area contributed by atoms with Crippen LogP contribution >= 0.6 is 0 Å². The van der Waals surface area contributed by atoms with Crippen LogP contribution in [0.4, 0.5) is 5.69 Å². The second-order valence-electron chi connectivity index (χ2n) is 7.79. The van der Waals surface area contributed by atoms with Crippen molar-refractivity contribution in [1.29, 1.82) is 0 Å². The van der Waals surface area contributed by atoms with Crippen LogP contribution in [-0.2, 0) is 6.42 Å². The van der Waals surface area contributed by atoms with E-state index in [0.717, 1.165) is 12.1 Å². The molecule has 0 aliphatic rings. The third-order valence-electron chi connectivity index (χ3n) is 5.99. The van der Waals surface area contributed by atoms with Gasteiger partial charge in [0.15, 0.2) is 0 Å². The standard InChI is InChI=1S/C26H25N/c1-2-3-4-5-8-17-13-14-18-9-6-12-22-21-11-7-10-19-15-20(27)16-23(24(19)21)26(17)25(18)22/h6-7,9-16H,2-5,8,27H2,1H3. The number of unbranched alkanes of at least 4 members (excludes halogenated alkanes) is 3. The first kappa shape index (κ1) is 16.4. The maximum atomic E-state index is 6.31. The van der Waals surface area contributed by atoms with Crippen LogP contribution in [0.1, 0.15) is 38.2 Å². The van der Waals surface area contributed by atoms with Crippen molar-refractivity contribution >= 4 is 48.8 Å². The number of aryl methyl sites for hydroxylation is 1. The summed E-state index contributed by atoms with van der Waals surface area (Å²) in [6, 6.07) is 22.2. The Hall–Kier alpha value is -2.80. The van der Waals surface area contributed by atoms with E-state index in [0.29, 0.717) is 0 Å². The molecule has 0 amide bonds. The van der Waals surface area contributed by atoms with Crippen LogP contribution in [0.15, 0.2) is 60.7 Å². The van der Waals surface area contributed by atoms with Gasteiger partial charge in [-0.2, -0.15) is 0 Å². The zero-order chi connectivity index (χ0) is 18.4. The van der Waals surface area contributed by atoms with Crippen molar-refractivity contribution in [3.05, 3.63) is 66.2 Å². The van der Waals surface area contributed by atoms with Gasteiger partial charge in [-0.1, -0.05) is 74.7 Å². The summed E-state index contributed by atoms with van der Waals surface area (Å²) in [7, 11) is 0. The summed E-state index contributed by atoms with van der Waals surface area (Å²) in [5, 5.41) is 10.7. The summed E-state index contributed by atoms with van der Waals surface area (Å²) in [5.74, 6) is 0. The molecule has 2 N–H and O–H groups in total. The normalized spacial score (nSPS) is 12.0. The highest BCUT2D eigenvalue weighted by molar-refractivity contribution is 6.33. The van der Waals surface area contributed by atoms with Crippen LogP contribution in [-0.4, -0.2) is 0 Å². The Bertz CT molecular complexity index is 1270. The lowest BCUT2D eigenvalue weighted by Gasteiger charge is -2.17. The molecule has 5 aromatic rings. The number of nitrogens with two attached hydrogens (primary N) is 1. The topological polar surface area (TPSA) is 26.0 Å². The lowest BCUT2D eigenvalue weighted by atomic mass is 9.86. The molecule has 0 heterocycles. The predicted octanol–water partition coefficient (Wildman–Crippen LogP) is 7.44. The van der Waals surface area contributed by atoms with E-state index in [-0.39, 0.29) is 0 Å². The Labute approximate surface area is 160 Å². The van der Waals surface area contributed by atoms with Crippen LogP contribution in [0.25, 0.3) is 43.1 Å². The zero-order valence-corrected chi connectivity index (χ0v) is 15.9. The van der Waals surface area contributed by atoms with Gasteiger partial charge in [0.1, 0.15) is 0 Å². The molecule has 0 aliphatic carbocycles. The van der Waals surface area contributed by atoms with Gasteiger partial charge in [0.2, 0.25) is 0 Å². The Morgan fingerprint density at radius 1 is 0.667 bits per heavy atom. The first-order valence-corrected chi connectivity index (χ1v) is 10.2. The number of hydrogen-bond donors (Lipinski definition) is 1. The van der Waals surface area contributed by atoms with Crippen LogP contribution in [0.3, 0.4) is 0 Å². The minimum absolute atomic E-state index is 0.850. The number of benzene rings is 5. The van der Waals surface area contributed by atoms with Crippen molar-refractivity contribution in [2.45, 2.75) is 39.0 Å². The first-order chi connectivity index (χ1) is 13.3. The molecule has 0 aromatic heterocycles. The van der Waals surface area contributed by atoms with Gasteiger partial charge < -0.3 is 5.73 Å². The number of fused-ring (bicyclic) bond motifs is 2. The van der Waals surface area contributed by atoms with Gasteiger partial charge in [0.05, 0.1) is 0 Å². The average Bonchev–Trinajstić information content (AvgIpc) is 2.69. The third-order valence-corrected chi connectivity index (χ3v) is 5.99. The fourth-order valence-corrected chi connectivity index (χ4v) is 4.78. The largest absolute Gasteiger partial charge is 0.399 e. The van der Waals surface area contributed by atoms with Crippen molar-refractivity contribution in [3.63, 3.8) is 0 Å². The number of anilines is 1. The minimum atomic E-state index is 0.850. The summed E-state index contributed by atoms with van der Waals surface area (Å²) in [4.78, 5) is 0. The van der Waals surface area contributed by atoms with Crippen molar-refractivity contribution in [2.24, 2.45) is 0 Å². The molecule has 0 unspecified atom stereocenters. The van der Waals surface area contributed by atoms with Gasteiger partial charge in [0.25, 0.3) is 0 Å². The second-order valence-corrected chi connectivity index (χ2v) is 7.79. The quantitative estimate of drug-likeness (QED) is 0.151. The molecule has 134 valence electrons. The van der Waals surface area contributed by atoms with E-state index < -0.39 is 0 Å². The fourth-order valence-electron chi connectivity index (χ4n) is 4.78. The van der Waals surface area contributed by atoms with E-state index in [4.69, 9.17) is 5.73 Å². The maximum absolute atomic E-state index is 6.31. The summed E-state index contributed by atoms with van der Waals surface area (Å²) in [6.45, 7) is 2.27. The highest BCUT2D eigenvalue weighted by atomic mass is 14.5. The van der Waals surface area contributed by atoms with E-state index in [1.165, 1.54) is 74.3 Å². The molecule has 5 rings (SSSR count). The Balaban J connectivity index is 1.91. The predicted molar refractivity (Wildman–Crippen MR) is 120 cm³/mol. The Morgan fingerprint density at radius 2 is 1.44 bits per heavy atom. The van der Waals surface area contributed by atoms with Crippen molar-refractivity contribution in [3.8, 4) is 0 Å². The van der Waals surface area contributed by atoms with Gasteiger partial charge in [-0.25, -0.2) is 0 Å². The summed E-state index contributed by atoms with van der Waals surface area (Å²) < 4.78 is 0. The molecular weight excluding hydrogens is 326 g/mol. The summed E-state index contributed by atoms with van der Waals surface area (Å²) in [5.41, 5.74) is 8.63. The van der Waals surface area contributed by atoms with Crippen molar-refractivity contribution in [1.82, 2.24) is 0 Å². The Kier molecular flexibility index (Phi) is 3.89. The van der Waals surface area contributed by atoms with Crippen LogP contribution < -0.4 is 5.73 Å². The lowest BCUT2D eigenvalue weighted by molar-refractivity contribution is 0.668. The summed E-state index contributed by atoms with van der Waals surface area (Å²) >= 11 is 0. The molecule has 5 aromatic carbocycles. The van der Waals surface area contributed by atoms with Gasteiger partial charge in [-0.05, 0) is 73.6 Å². The molecule has 27 heavy (non-hydrogen) atoms. The maximum Gasteiger partial charge on any atom is 0.0326 e. The molecule has 0 bridgehead atoms. The van der Waals surface area contributed by atoms with Gasteiger partial charge in [-0.3, -0.25) is 0 Å². The van der Waals surface area contributed by atoms with Gasteiger partial charge in [-0.15, -0.1) is 0 Å². The van der Waals surface area contributed by atoms with Crippen molar-refractivity contribution < 1.29 is 0 Å². The van der Waals surface area contributed by atoms with Gasteiger partial charge >= 0.3 is 0 Å². The third kappa shape index (κ3) is 2.53. The monoisotopic (exact) mass is 351 g/mol. The van der Waals surface area contributed by atoms with Crippen molar-refractivity contribution in [2.75, 3.05) is 5.73 Å².